The minimum Gasteiger partial charge on any atom is -0.466 e. The average molecular weight is 426 g/mol. The van der Waals surface area contributed by atoms with Gasteiger partial charge in [0.15, 0.2) is 0 Å². The molecule has 0 saturated carbocycles. The minimum atomic E-state index is -0.290. The molecule has 0 aliphatic carbocycles. The highest BCUT2D eigenvalue weighted by atomic mass is 32.2. The van der Waals surface area contributed by atoms with Crippen molar-refractivity contribution in [3.05, 3.63) is 22.0 Å². The monoisotopic (exact) mass is 425 g/mol. The van der Waals surface area contributed by atoms with E-state index in [2.05, 4.69) is 46.0 Å². The predicted octanol–water partition coefficient (Wildman–Crippen LogP) is 6.62. The molecule has 168 valence electrons. The molecule has 29 heavy (non-hydrogen) atoms. The maximum Gasteiger partial charge on any atom is 0.333 e. The molecule has 1 N–H and O–H groups in total. The van der Waals surface area contributed by atoms with Gasteiger partial charge in [0.2, 0.25) is 5.91 Å². The summed E-state index contributed by atoms with van der Waals surface area (Å²) in [6, 6.07) is 0.160. The largest absolute Gasteiger partial charge is 0.466 e. The Kier molecular flexibility index (Phi) is 15.9. The number of amides is 1. The summed E-state index contributed by atoms with van der Waals surface area (Å²) in [6.45, 7) is 12.6. The maximum atomic E-state index is 12.3. The van der Waals surface area contributed by atoms with Crippen LogP contribution in [0, 0.1) is 11.8 Å². The molecule has 0 bridgehead atoms. The van der Waals surface area contributed by atoms with Crippen LogP contribution in [0.3, 0.4) is 0 Å². The average Bonchev–Trinajstić information content (AvgIpc) is 2.70. The van der Waals surface area contributed by atoms with Crippen LogP contribution < -0.4 is 5.32 Å². The molecule has 2 unspecified atom stereocenters. The third-order valence-electron chi connectivity index (χ3n) is 5.04. The highest BCUT2D eigenvalue weighted by Crippen LogP contribution is 2.35. The van der Waals surface area contributed by atoms with Crippen molar-refractivity contribution in [2.45, 2.75) is 99.0 Å². The second-order valence-corrected chi connectivity index (χ2v) is 8.96. The van der Waals surface area contributed by atoms with Gasteiger partial charge in [-0.25, -0.2) is 4.79 Å². The Labute approximate surface area is 183 Å². The summed E-state index contributed by atoms with van der Waals surface area (Å²) in [5, 5.41) is 5.18. The molecule has 0 heterocycles. The lowest BCUT2D eigenvalue weighted by Gasteiger charge is -2.29. The van der Waals surface area contributed by atoms with Crippen molar-refractivity contribution >= 4 is 23.6 Å². The molecule has 0 fully saturated rings. The molecule has 0 rings (SSSR count). The molecule has 0 radical (unpaired) electrons. The Hall–Kier alpha value is -1.23. The van der Waals surface area contributed by atoms with E-state index in [-0.39, 0.29) is 17.9 Å². The molecule has 0 aliphatic rings. The Balaban J connectivity index is 5.42. The van der Waals surface area contributed by atoms with Crippen LogP contribution in [-0.2, 0) is 14.3 Å². The van der Waals surface area contributed by atoms with Gasteiger partial charge in [-0.15, -0.1) is 11.8 Å². The summed E-state index contributed by atoms with van der Waals surface area (Å²) in [5.74, 6) is 0.627. The normalized spacial score (nSPS) is 14.6. The number of carbonyl (C=O) groups excluding carboxylic acids is 2. The summed E-state index contributed by atoms with van der Waals surface area (Å²) in [4.78, 5) is 25.4. The van der Waals surface area contributed by atoms with Crippen molar-refractivity contribution < 1.29 is 14.3 Å². The highest BCUT2D eigenvalue weighted by molar-refractivity contribution is 8.05. The van der Waals surface area contributed by atoms with E-state index in [1.165, 1.54) is 12.0 Å². The van der Waals surface area contributed by atoms with Crippen LogP contribution in [0.4, 0.5) is 0 Å². The van der Waals surface area contributed by atoms with E-state index in [0.717, 1.165) is 44.9 Å². The van der Waals surface area contributed by atoms with Gasteiger partial charge in [0.05, 0.1) is 7.11 Å². The van der Waals surface area contributed by atoms with E-state index in [1.807, 2.05) is 5.41 Å². The van der Waals surface area contributed by atoms with Crippen LogP contribution in [0.2, 0.25) is 0 Å². The molecule has 0 aromatic heterocycles. The zero-order chi connectivity index (χ0) is 22.2. The topological polar surface area (TPSA) is 55.4 Å². The van der Waals surface area contributed by atoms with Gasteiger partial charge in [0.25, 0.3) is 0 Å². The molecule has 5 heteroatoms. The lowest BCUT2D eigenvalue weighted by atomic mass is 9.88. The third-order valence-corrected chi connectivity index (χ3v) is 6.28. The zero-order valence-electron chi connectivity index (χ0n) is 19.7. The first-order chi connectivity index (χ1) is 13.8. The molecular weight excluding hydrogens is 382 g/mol. The molecule has 4 nitrogen and oxygen atoms in total. The minimum absolute atomic E-state index is 0.160. The Morgan fingerprint density at radius 2 is 1.76 bits per heavy atom. The molecule has 2 atom stereocenters. The summed E-state index contributed by atoms with van der Waals surface area (Å²) in [7, 11) is 1.41. The Morgan fingerprint density at radius 1 is 1.10 bits per heavy atom. The van der Waals surface area contributed by atoms with E-state index in [4.69, 9.17) is 4.74 Å². The fourth-order valence-electron chi connectivity index (χ4n) is 3.13. The highest BCUT2D eigenvalue weighted by Gasteiger charge is 2.23. The fourth-order valence-corrected chi connectivity index (χ4v) is 4.20. The number of rotatable bonds is 15. The van der Waals surface area contributed by atoms with Crippen molar-refractivity contribution in [3.63, 3.8) is 0 Å². The number of methoxy groups -OCH3 is 1. The SMILES string of the molecule is CC/C=C(\S/C=C(\C)C(=O)OC)C(CCCC)CC(NC(=O)CCCC)C(C)C. The van der Waals surface area contributed by atoms with Crippen molar-refractivity contribution in [1.82, 2.24) is 5.32 Å². The number of unbranched alkanes of at least 4 members (excludes halogenated alkanes) is 2. The summed E-state index contributed by atoms with van der Waals surface area (Å²) in [5.41, 5.74) is 0.613. The summed E-state index contributed by atoms with van der Waals surface area (Å²) < 4.78 is 4.81. The number of allylic oxidation sites excluding steroid dienone is 2. The first kappa shape index (κ1) is 27.8. The molecule has 1 amide bonds. The number of hydrogen-bond acceptors (Lipinski definition) is 4. The predicted molar refractivity (Wildman–Crippen MR) is 126 cm³/mol. The Morgan fingerprint density at radius 3 is 2.28 bits per heavy atom. The standard InChI is InChI=1S/C24H43NO3S/c1-8-11-14-20(16-21(18(4)5)25-23(26)15-12-9-2)22(13-10-3)29-17-19(6)24(27)28-7/h13,17-18,20-21H,8-12,14-16H2,1-7H3,(H,25,26)/b19-17+,22-13-. The van der Waals surface area contributed by atoms with Gasteiger partial charge in [-0.2, -0.15) is 0 Å². The van der Waals surface area contributed by atoms with Crippen molar-refractivity contribution in [2.24, 2.45) is 11.8 Å². The molecule has 0 aliphatic heterocycles. The summed E-state index contributed by atoms with van der Waals surface area (Å²) >= 11 is 1.63. The first-order valence-electron chi connectivity index (χ1n) is 11.2. The second-order valence-electron chi connectivity index (χ2n) is 8.02. The third kappa shape index (κ3) is 12.1. The van der Waals surface area contributed by atoms with Gasteiger partial charge in [0.1, 0.15) is 0 Å². The van der Waals surface area contributed by atoms with Gasteiger partial charge < -0.3 is 10.1 Å². The molecule has 0 saturated heterocycles. The quantitative estimate of drug-likeness (QED) is 0.237. The van der Waals surface area contributed by atoms with Crippen molar-refractivity contribution in [3.8, 4) is 0 Å². The Bertz CT molecular complexity index is 540. The fraction of sp³-hybridized carbons (Fsp3) is 0.750. The first-order valence-corrected chi connectivity index (χ1v) is 12.1. The van der Waals surface area contributed by atoms with E-state index in [0.29, 0.717) is 23.8 Å². The van der Waals surface area contributed by atoms with E-state index in [1.54, 1.807) is 18.7 Å². The number of ether oxygens (including phenoxy) is 1. The number of thioether (sulfide) groups is 1. The number of nitrogens with one attached hydrogen (secondary N) is 1. The molecular formula is C24H43NO3S. The van der Waals surface area contributed by atoms with Crippen LogP contribution >= 0.6 is 11.8 Å². The van der Waals surface area contributed by atoms with Crippen LogP contribution in [0.25, 0.3) is 0 Å². The van der Waals surface area contributed by atoms with Gasteiger partial charge in [-0.1, -0.05) is 60.0 Å². The molecule has 0 aromatic carbocycles. The lowest BCUT2D eigenvalue weighted by molar-refractivity contribution is -0.136. The molecule has 0 aromatic rings. The van der Waals surface area contributed by atoms with E-state index in [9.17, 15) is 9.59 Å². The van der Waals surface area contributed by atoms with Crippen LogP contribution in [-0.4, -0.2) is 25.0 Å². The zero-order valence-corrected chi connectivity index (χ0v) is 20.5. The maximum absolute atomic E-state index is 12.3. The number of carbonyl (C=O) groups is 2. The van der Waals surface area contributed by atoms with E-state index < -0.39 is 0 Å². The second kappa shape index (κ2) is 16.6. The van der Waals surface area contributed by atoms with Crippen molar-refractivity contribution in [2.75, 3.05) is 7.11 Å². The summed E-state index contributed by atoms with van der Waals surface area (Å²) in [6.07, 6.45) is 10.1. The van der Waals surface area contributed by atoms with Gasteiger partial charge in [0, 0.05) is 18.0 Å². The van der Waals surface area contributed by atoms with Gasteiger partial charge >= 0.3 is 5.97 Å². The lowest BCUT2D eigenvalue weighted by Crippen LogP contribution is -2.40. The molecule has 0 spiro atoms. The number of esters is 1. The number of hydrogen-bond donors (Lipinski definition) is 1. The van der Waals surface area contributed by atoms with E-state index >= 15 is 0 Å². The van der Waals surface area contributed by atoms with Crippen LogP contribution in [0.15, 0.2) is 22.0 Å². The van der Waals surface area contributed by atoms with Crippen molar-refractivity contribution in [1.29, 1.82) is 0 Å². The van der Waals surface area contributed by atoms with Gasteiger partial charge in [-0.3, -0.25) is 4.79 Å². The smallest absolute Gasteiger partial charge is 0.333 e. The van der Waals surface area contributed by atoms with Gasteiger partial charge in [-0.05, 0) is 54.8 Å². The van der Waals surface area contributed by atoms with Crippen LogP contribution in [0.1, 0.15) is 92.9 Å². The van der Waals surface area contributed by atoms with Crippen LogP contribution in [0.5, 0.6) is 0 Å².